The molecule has 0 unspecified atom stereocenters. The number of rotatable bonds is 3. The highest BCUT2D eigenvalue weighted by molar-refractivity contribution is 5.79. The summed E-state index contributed by atoms with van der Waals surface area (Å²) in [5, 5.41) is 6.38. The van der Waals surface area contributed by atoms with Gasteiger partial charge in [0.05, 0.1) is 12.0 Å². The Morgan fingerprint density at radius 3 is 2.72 bits per heavy atom. The van der Waals surface area contributed by atoms with Gasteiger partial charge < -0.3 is 10.6 Å². The van der Waals surface area contributed by atoms with Crippen molar-refractivity contribution in [2.45, 2.75) is 32.7 Å². The molecule has 3 heteroatoms. The first-order chi connectivity index (χ1) is 8.66. The van der Waals surface area contributed by atoms with Crippen molar-refractivity contribution < 1.29 is 4.79 Å². The van der Waals surface area contributed by atoms with Gasteiger partial charge in [-0.05, 0) is 38.8 Å². The molecule has 18 heavy (non-hydrogen) atoms. The van der Waals surface area contributed by atoms with E-state index in [0.717, 1.165) is 31.5 Å². The molecule has 1 aliphatic rings. The van der Waals surface area contributed by atoms with Gasteiger partial charge in [0, 0.05) is 6.54 Å². The number of carbonyl (C=O) groups excluding carboxylic acids is 1. The second-order valence-corrected chi connectivity index (χ2v) is 5.18. The van der Waals surface area contributed by atoms with Gasteiger partial charge in [0.1, 0.15) is 0 Å². The van der Waals surface area contributed by atoms with E-state index in [4.69, 9.17) is 0 Å². The van der Waals surface area contributed by atoms with Crippen LogP contribution in [0.15, 0.2) is 24.3 Å². The molecule has 0 radical (unpaired) electrons. The molecule has 1 heterocycles. The third-order valence-corrected chi connectivity index (χ3v) is 3.60. The van der Waals surface area contributed by atoms with E-state index in [0.29, 0.717) is 0 Å². The van der Waals surface area contributed by atoms with Crippen LogP contribution in [0.4, 0.5) is 0 Å². The Morgan fingerprint density at radius 2 is 2.11 bits per heavy atom. The molecule has 0 aromatic heterocycles. The largest absolute Gasteiger partial charge is 0.349 e. The third-order valence-electron chi connectivity index (χ3n) is 3.60. The second kappa shape index (κ2) is 6.01. The fraction of sp³-hybridized carbons (Fsp3) is 0.533. The van der Waals surface area contributed by atoms with Crippen LogP contribution in [0.3, 0.4) is 0 Å². The number of hydrogen-bond acceptors (Lipinski definition) is 2. The lowest BCUT2D eigenvalue weighted by atomic mass is 9.98. The Hall–Kier alpha value is -1.35. The Kier molecular flexibility index (Phi) is 4.37. The van der Waals surface area contributed by atoms with Gasteiger partial charge in [0.15, 0.2) is 0 Å². The highest BCUT2D eigenvalue weighted by atomic mass is 16.1. The van der Waals surface area contributed by atoms with E-state index in [-0.39, 0.29) is 17.9 Å². The van der Waals surface area contributed by atoms with E-state index in [1.54, 1.807) is 0 Å². The second-order valence-electron chi connectivity index (χ2n) is 5.18. The fourth-order valence-corrected chi connectivity index (χ4v) is 2.35. The molecule has 3 nitrogen and oxygen atoms in total. The van der Waals surface area contributed by atoms with Gasteiger partial charge in [-0.15, -0.1) is 0 Å². The number of hydrogen-bond donors (Lipinski definition) is 2. The van der Waals surface area contributed by atoms with Gasteiger partial charge in [-0.3, -0.25) is 4.79 Å². The molecule has 2 atom stereocenters. The van der Waals surface area contributed by atoms with E-state index in [9.17, 15) is 4.79 Å². The minimum absolute atomic E-state index is 0.0834. The number of piperidine rings is 1. The summed E-state index contributed by atoms with van der Waals surface area (Å²) >= 11 is 0. The number of amides is 1. The molecule has 1 aliphatic heterocycles. The highest BCUT2D eigenvalue weighted by Crippen LogP contribution is 2.16. The van der Waals surface area contributed by atoms with Gasteiger partial charge in [0.2, 0.25) is 5.91 Å². The number of aryl methyl sites for hydroxylation is 1. The van der Waals surface area contributed by atoms with Gasteiger partial charge in [-0.25, -0.2) is 0 Å². The Balaban J connectivity index is 1.91. The summed E-state index contributed by atoms with van der Waals surface area (Å²) in [6.45, 7) is 5.96. The third kappa shape index (κ3) is 3.33. The maximum Gasteiger partial charge on any atom is 0.224 e. The molecule has 2 rings (SSSR count). The Morgan fingerprint density at radius 1 is 1.39 bits per heavy atom. The normalized spacial score (nSPS) is 21.3. The Bertz CT molecular complexity index is 393. The van der Waals surface area contributed by atoms with Crippen molar-refractivity contribution in [3.8, 4) is 0 Å². The first-order valence-corrected chi connectivity index (χ1v) is 6.74. The predicted octanol–water partition coefficient (Wildman–Crippen LogP) is 2.17. The molecule has 2 N–H and O–H groups in total. The average molecular weight is 246 g/mol. The zero-order chi connectivity index (χ0) is 13.0. The van der Waals surface area contributed by atoms with Crippen molar-refractivity contribution in [3.63, 3.8) is 0 Å². The van der Waals surface area contributed by atoms with E-state index in [1.165, 1.54) is 5.56 Å². The molecule has 1 fully saturated rings. The summed E-state index contributed by atoms with van der Waals surface area (Å²) in [6, 6.07) is 8.42. The molecule has 0 aliphatic carbocycles. The van der Waals surface area contributed by atoms with E-state index < -0.39 is 0 Å². The van der Waals surface area contributed by atoms with Gasteiger partial charge >= 0.3 is 0 Å². The van der Waals surface area contributed by atoms with E-state index >= 15 is 0 Å². The monoisotopic (exact) mass is 246 g/mol. The molecule has 1 amide bonds. The van der Waals surface area contributed by atoms with Crippen LogP contribution in [0, 0.1) is 12.8 Å². The van der Waals surface area contributed by atoms with Gasteiger partial charge in [0.25, 0.3) is 0 Å². The summed E-state index contributed by atoms with van der Waals surface area (Å²) < 4.78 is 0. The number of benzene rings is 1. The fourth-order valence-electron chi connectivity index (χ4n) is 2.35. The van der Waals surface area contributed by atoms with E-state index in [1.807, 2.05) is 6.92 Å². The van der Waals surface area contributed by atoms with Crippen molar-refractivity contribution in [1.82, 2.24) is 10.6 Å². The molecule has 0 spiro atoms. The summed E-state index contributed by atoms with van der Waals surface area (Å²) in [4.78, 5) is 12.1. The molecule has 1 aromatic rings. The topological polar surface area (TPSA) is 41.1 Å². The van der Waals surface area contributed by atoms with Crippen molar-refractivity contribution in [1.29, 1.82) is 0 Å². The van der Waals surface area contributed by atoms with Gasteiger partial charge in [-0.1, -0.05) is 29.8 Å². The summed E-state index contributed by atoms with van der Waals surface area (Å²) in [7, 11) is 0. The van der Waals surface area contributed by atoms with Crippen LogP contribution >= 0.6 is 0 Å². The number of carbonyl (C=O) groups is 1. The standard InChI is InChI=1S/C15H22N2O/c1-11-5-7-13(8-6-11)12(2)17-15(18)14-4-3-9-16-10-14/h5-8,12,14,16H,3-4,9-10H2,1-2H3,(H,17,18)/t12-,14+/m1/s1. The van der Waals surface area contributed by atoms with E-state index in [2.05, 4.69) is 41.8 Å². The minimum atomic E-state index is 0.0834. The smallest absolute Gasteiger partial charge is 0.224 e. The lowest BCUT2D eigenvalue weighted by molar-refractivity contribution is -0.126. The summed E-state index contributed by atoms with van der Waals surface area (Å²) in [5.74, 6) is 0.307. The van der Waals surface area contributed by atoms with Crippen molar-refractivity contribution in [2.24, 2.45) is 5.92 Å². The lowest BCUT2D eigenvalue weighted by Crippen LogP contribution is -2.41. The number of nitrogens with one attached hydrogen (secondary N) is 2. The Labute approximate surface area is 109 Å². The van der Waals surface area contributed by atoms with Crippen LogP contribution in [-0.4, -0.2) is 19.0 Å². The van der Waals surface area contributed by atoms with Crippen molar-refractivity contribution >= 4 is 5.91 Å². The zero-order valence-corrected chi connectivity index (χ0v) is 11.2. The van der Waals surface area contributed by atoms with Crippen LogP contribution in [0.5, 0.6) is 0 Å². The summed E-state index contributed by atoms with van der Waals surface area (Å²) in [6.07, 6.45) is 2.09. The predicted molar refractivity (Wildman–Crippen MR) is 73.3 cm³/mol. The highest BCUT2D eigenvalue weighted by Gasteiger charge is 2.22. The van der Waals surface area contributed by atoms with Crippen LogP contribution < -0.4 is 10.6 Å². The SMILES string of the molecule is Cc1ccc([C@@H](C)NC(=O)[C@H]2CCCNC2)cc1. The van der Waals surface area contributed by atoms with Crippen molar-refractivity contribution in [3.05, 3.63) is 35.4 Å². The van der Waals surface area contributed by atoms with Crippen LogP contribution in [0.2, 0.25) is 0 Å². The maximum atomic E-state index is 12.1. The lowest BCUT2D eigenvalue weighted by Gasteiger charge is -2.24. The average Bonchev–Trinajstić information content (AvgIpc) is 2.40. The molecule has 98 valence electrons. The van der Waals surface area contributed by atoms with Crippen LogP contribution in [-0.2, 0) is 4.79 Å². The quantitative estimate of drug-likeness (QED) is 0.858. The van der Waals surface area contributed by atoms with Crippen LogP contribution in [0.1, 0.15) is 36.9 Å². The molecule has 1 saturated heterocycles. The first-order valence-electron chi connectivity index (χ1n) is 6.74. The van der Waals surface area contributed by atoms with Crippen molar-refractivity contribution in [2.75, 3.05) is 13.1 Å². The minimum Gasteiger partial charge on any atom is -0.349 e. The first kappa shape index (κ1) is 13.1. The molecular weight excluding hydrogens is 224 g/mol. The maximum absolute atomic E-state index is 12.1. The molecule has 0 bridgehead atoms. The molecular formula is C15H22N2O. The van der Waals surface area contributed by atoms with Crippen LogP contribution in [0.25, 0.3) is 0 Å². The summed E-state index contributed by atoms with van der Waals surface area (Å²) in [5.41, 5.74) is 2.41. The molecule has 1 aromatic carbocycles. The molecule has 0 saturated carbocycles. The zero-order valence-electron chi connectivity index (χ0n) is 11.2. The van der Waals surface area contributed by atoms with Gasteiger partial charge in [-0.2, -0.15) is 0 Å².